The highest BCUT2D eigenvalue weighted by atomic mass is 35.5. The number of imidazole rings is 1. The predicted molar refractivity (Wildman–Crippen MR) is 130 cm³/mol. The number of amides is 1. The van der Waals surface area contributed by atoms with E-state index >= 15 is 0 Å². The average Bonchev–Trinajstić information content (AvgIpc) is 3.50. The van der Waals surface area contributed by atoms with Crippen LogP contribution in [0.4, 0.5) is 5.13 Å². The smallest absolute Gasteiger partial charge is 0.271 e. The summed E-state index contributed by atoms with van der Waals surface area (Å²) < 4.78 is 3.93. The Hall–Kier alpha value is -2.45. The lowest BCUT2D eigenvalue weighted by Gasteiger charge is -2.19. The van der Waals surface area contributed by atoms with Crippen molar-refractivity contribution in [3.8, 4) is 0 Å². The third-order valence-corrected chi connectivity index (χ3v) is 7.84. The molecular formula is C22H16Cl2N4OS2. The molecule has 0 N–H and O–H groups in total. The zero-order chi connectivity index (χ0) is 21.4. The lowest BCUT2D eigenvalue weighted by atomic mass is 10.2. The molecule has 0 spiro atoms. The number of aryl methyl sites for hydroxylation is 1. The minimum Gasteiger partial charge on any atom is -0.337 e. The van der Waals surface area contributed by atoms with E-state index in [-0.39, 0.29) is 5.91 Å². The first-order valence-corrected chi connectivity index (χ1v) is 12.0. The number of nitrogens with zero attached hydrogens (tertiary/aromatic N) is 4. The van der Waals surface area contributed by atoms with Gasteiger partial charge in [-0.3, -0.25) is 9.69 Å². The summed E-state index contributed by atoms with van der Waals surface area (Å²) in [7, 11) is 0. The molecule has 2 aromatic carbocycles. The lowest BCUT2D eigenvalue weighted by molar-refractivity contribution is 0.0990. The average molecular weight is 487 g/mol. The molecule has 9 heteroatoms. The first-order valence-electron chi connectivity index (χ1n) is 9.61. The van der Waals surface area contributed by atoms with Gasteiger partial charge in [0.1, 0.15) is 4.88 Å². The van der Waals surface area contributed by atoms with Gasteiger partial charge < -0.3 is 4.57 Å². The third kappa shape index (κ3) is 4.06. The van der Waals surface area contributed by atoms with Crippen LogP contribution in [0.1, 0.15) is 16.1 Å². The second-order valence-electron chi connectivity index (χ2n) is 6.96. The van der Waals surface area contributed by atoms with Gasteiger partial charge in [0.05, 0.1) is 21.6 Å². The molecular weight excluding hydrogens is 471 g/mol. The molecule has 5 nitrogen and oxygen atoms in total. The van der Waals surface area contributed by atoms with Crippen molar-refractivity contribution in [2.24, 2.45) is 0 Å². The number of halogens is 2. The Kier molecular flexibility index (Phi) is 5.67. The van der Waals surface area contributed by atoms with Crippen LogP contribution in [0.25, 0.3) is 20.3 Å². The van der Waals surface area contributed by atoms with Crippen LogP contribution in [0, 0.1) is 0 Å². The Morgan fingerprint density at radius 1 is 1.10 bits per heavy atom. The van der Waals surface area contributed by atoms with Crippen molar-refractivity contribution in [2.75, 3.05) is 11.4 Å². The highest BCUT2D eigenvalue weighted by Crippen LogP contribution is 2.38. The van der Waals surface area contributed by atoms with E-state index in [4.69, 9.17) is 28.2 Å². The normalized spacial score (nSPS) is 11.4. The van der Waals surface area contributed by atoms with Crippen molar-refractivity contribution in [2.45, 2.75) is 13.0 Å². The first-order chi connectivity index (χ1) is 15.1. The number of fused-ring (bicyclic) bond motifs is 2. The second kappa shape index (κ2) is 8.59. The van der Waals surface area contributed by atoms with Crippen LogP contribution in [0.2, 0.25) is 10.0 Å². The van der Waals surface area contributed by atoms with Crippen molar-refractivity contribution >= 4 is 77.2 Å². The van der Waals surface area contributed by atoms with E-state index < -0.39 is 0 Å². The number of thiophene rings is 1. The number of anilines is 1. The third-order valence-electron chi connectivity index (χ3n) is 4.90. The molecule has 0 aliphatic heterocycles. The van der Waals surface area contributed by atoms with Crippen LogP contribution >= 0.6 is 45.9 Å². The van der Waals surface area contributed by atoms with Crippen LogP contribution in [0.15, 0.2) is 61.2 Å². The molecule has 5 aromatic rings. The number of carbonyl (C=O) groups is 1. The van der Waals surface area contributed by atoms with Crippen LogP contribution in [-0.2, 0) is 6.54 Å². The van der Waals surface area contributed by atoms with Crippen LogP contribution in [-0.4, -0.2) is 27.0 Å². The van der Waals surface area contributed by atoms with Gasteiger partial charge in [0.15, 0.2) is 5.13 Å². The second-order valence-corrected chi connectivity index (χ2v) is 9.84. The van der Waals surface area contributed by atoms with E-state index in [0.717, 1.165) is 33.3 Å². The molecule has 31 heavy (non-hydrogen) atoms. The number of rotatable bonds is 6. The quantitative estimate of drug-likeness (QED) is 0.266. The molecule has 0 aliphatic rings. The largest absolute Gasteiger partial charge is 0.337 e. The monoisotopic (exact) mass is 486 g/mol. The summed E-state index contributed by atoms with van der Waals surface area (Å²) in [5.41, 5.74) is 0.819. The van der Waals surface area contributed by atoms with Gasteiger partial charge in [0.2, 0.25) is 0 Å². The van der Waals surface area contributed by atoms with E-state index in [2.05, 4.69) is 4.98 Å². The molecule has 0 saturated carbocycles. The fraction of sp³-hybridized carbons (Fsp3) is 0.136. The van der Waals surface area contributed by atoms with Gasteiger partial charge in [-0.15, -0.1) is 11.3 Å². The maximum atomic E-state index is 13.6. The standard InChI is InChI=1S/C22H16Cl2N4OS2/c23-14-6-7-16-18(12-14)31-22(26-16)28(10-3-9-27-11-8-25-13-27)21(29)20-19(24)15-4-1-2-5-17(15)30-20/h1-2,4-8,11-13H,3,9-10H2. The predicted octanol–water partition coefficient (Wildman–Crippen LogP) is 6.75. The van der Waals surface area contributed by atoms with Crippen molar-refractivity contribution in [1.29, 1.82) is 0 Å². The minimum atomic E-state index is -0.137. The lowest BCUT2D eigenvalue weighted by Crippen LogP contribution is -2.32. The highest BCUT2D eigenvalue weighted by Gasteiger charge is 2.26. The van der Waals surface area contributed by atoms with Crippen LogP contribution in [0.3, 0.4) is 0 Å². The van der Waals surface area contributed by atoms with E-state index in [0.29, 0.717) is 26.6 Å². The van der Waals surface area contributed by atoms with Gasteiger partial charge in [-0.25, -0.2) is 9.97 Å². The summed E-state index contributed by atoms with van der Waals surface area (Å²) in [4.78, 5) is 24.7. The zero-order valence-corrected chi connectivity index (χ0v) is 19.3. The number of hydrogen-bond acceptors (Lipinski definition) is 5. The van der Waals surface area contributed by atoms with Gasteiger partial charge in [-0.2, -0.15) is 0 Å². The molecule has 156 valence electrons. The zero-order valence-electron chi connectivity index (χ0n) is 16.2. The summed E-state index contributed by atoms with van der Waals surface area (Å²) in [5.74, 6) is -0.137. The summed E-state index contributed by atoms with van der Waals surface area (Å²) in [6.45, 7) is 1.26. The Balaban J connectivity index is 1.51. The van der Waals surface area contributed by atoms with E-state index in [1.165, 1.54) is 22.7 Å². The maximum absolute atomic E-state index is 13.6. The topological polar surface area (TPSA) is 51.0 Å². The van der Waals surface area contributed by atoms with E-state index in [9.17, 15) is 4.79 Å². The summed E-state index contributed by atoms with van der Waals surface area (Å²) >= 11 is 15.6. The number of carbonyl (C=O) groups excluding carboxylic acids is 1. The minimum absolute atomic E-state index is 0.137. The number of hydrogen-bond donors (Lipinski definition) is 0. The maximum Gasteiger partial charge on any atom is 0.271 e. The number of benzene rings is 2. The molecule has 5 rings (SSSR count). The number of thiazole rings is 1. The Labute approximate surface area is 196 Å². The fourth-order valence-corrected chi connectivity index (χ4v) is 6.12. The molecule has 0 saturated heterocycles. The SMILES string of the molecule is O=C(c1sc2ccccc2c1Cl)N(CCCn1ccnc1)c1nc2ccc(Cl)cc2s1. The van der Waals surface area contributed by atoms with Crippen molar-refractivity contribution in [3.05, 3.63) is 76.1 Å². The van der Waals surface area contributed by atoms with Crippen LogP contribution < -0.4 is 4.90 Å². The fourth-order valence-electron chi connectivity index (χ4n) is 3.39. The van der Waals surface area contributed by atoms with Gasteiger partial charge >= 0.3 is 0 Å². The van der Waals surface area contributed by atoms with Gasteiger partial charge in [0, 0.05) is 40.6 Å². The van der Waals surface area contributed by atoms with Gasteiger partial charge in [-0.1, -0.05) is 52.7 Å². The van der Waals surface area contributed by atoms with Crippen molar-refractivity contribution in [3.63, 3.8) is 0 Å². The molecule has 0 aliphatic carbocycles. The molecule has 0 atom stereocenters. The molecule has 3 aromatic heterocycles. The highest BCUT2D eigenvalue weighted by molar-refractivity contribution is 7.23. The van der Waals surface area contributed by atoms with Crippen molar-refractivity contribution in [1.82, 2.24) is 14.5 Å². The molecule has 0 radical (unpaired) electrons. The van der Waals surface area contributed by atoms with E-state index in [1.54, 1.807) is 23.5 Å². The van der Waals surface area contributed by atoms with Crippen LogP contribution in [0.5, 0.6) is 0 Å². The molecule has 3 heterocycles. The summed E-state index contributed by atoms with van der Waals surface area (Å²) in [6.07, 6.45) is 6.18. The molecule has 0 unspecified atom stereocenters. The molecule has 0 fully saturated rings. The summed E-state index contributed by atoms with van der Waals surface area (Å²) in [5, 5.41) is 2.68. The first kappa shape index (κ1) is 20.5. The van der Waals surface area contributed by atoms with Crippen molar-refractivity contribution < 1.29 is 4.79 Å². The van der Waals surface area contributed by atoms with Gasteiger partial charge in [0.25, 0.3) is 5.91 Å². The summed E-state index contributed by atoms with van der Waals surface area (Å²) in [6, 6.07) is 13.3. The number of aromatic nitrogens is 3. The Morgan fingerprint density at radius 2 is 1.97 bits per heavy atom. The Morgan fingerprint density at radius 3 is 2.77 bits per heavy atom. The molecule has 1 amide bonds. The Bertz CT molecular complexity index is 1380. The molecule has 0 bridgehead atoms. The van der Waals surface area contributed by atoms with E-state index in [1.807, 2.05) is 47.2 Å². The van der Waals surface area contributed by atoms with Gasteiger partial charge in [-0.05, 0) is 30.7 Å².